The van der Waals surface area contributed by atoms with Crippen LogP contribution in [0.4, 0.5) is 13.2 Å². The molecule has 132 valence electrons. The molecule has 1 saturated heterocycles. The zero-order valence-electron chi connectivity index (χ0n) is 13.8. The summed E-state index contributed by atoms with van der Waals surface area (Å²) in [6.07, 6.45) is 1.80. The largest absolute Gasteiger partial charge is 0.348 e. The van der Waals surface area contributed by atoms with Crippen LogP contribution >= 0.6 is 0 Å². The fourth-order valence-corrected chi connectivity index (χ4v) is 3.06. The average Bonchev–Trinajstić information content (AvgIpc) is 3.09. The highest BCUT2D eigenvalue weighted by Crippen LogP contribution is 2.28. The van der Waals surface area contributed by atoms with E-state index in [2.05, 4.69) is 10.6 Å². The van der Waals surface area contributed by atoms with Gasteiger partial charge < -0.3 is 10.6 Å². The van der Waals surface area contributed by atoms with E-state index in [-0.39, 0.29) is 23.6 Å². The molecular weight excluding hydrogens is 329 g/mol. The predicted molar refractivity (Wildman–Crippen MR) is 89.3 cm³/mol. The van der Waals surface area contributed by atoms with Crippen molar-refractivity contribution in [3.63, 3.8) is 0 Å². The number of rotatable bonds is 4. The first-order valence-corrected chi connectivity index (χ1v) is 8.24. The highest BCUT2D eigenvalue weighted by molar-refractivity contribution is 5.82. The maximum atomic E-state index is 13.9. The Labute approximate surface area is 144 Å². The summed E-state index contributed by atoms with van der Waals surface area (Å²) < 4.78 is 40.7. The molecule has 2 atom stereocenters. The minimum Gasteiger partial charge on any atom is -0.348 e. The Morgan fingerprint density at radius 1 is 1.16 bits per heavy atom. The topological polar surface area (TPSA) is 41.1 Å². The molecule has 1 heterocycles. The molecule has 0 bridgehead atoms. The van der Waals surface area contributed by atoms with Crippen molar-refractivity contribution in [3.8, 4) is 11.1 Å². The number of halogens is 3. The second kappa shape index (κ2) is 7.27. The number of nitrogens with one attached hydrogen (secondary N) is 2. The van der Waals surface area contributed by atoms with Gasteiger partial charge in [0, 0.05) is 12.1 Å². The van der Waals surface area contributed by atoms with E-state index in [0.717, 1.165) is 24.9 Å². The van der Waals surface area contributed by atoms with Gasteiger partial charge in [0.25, 0.3) is 0 Å². The minimum atomic E-state index is -0.952. The van der Waals surface area contributed by atoms with Crippen molar-refractivity contribution in [2.45, 2.75) is 31.8 Å². The average molecular weight is 348 g/mol. The van der Waals surface area contributed by atoms with Crippen molar-refractivity contribution in [1.82, 2.24) is 10.6 Å². The Balaban J connectivity index is 1.75. The quantitative estimate of drug-likeness (QED) is 0.885. The molecule has 2 aromatic rings. The van der Waals surface area contributed by atoms with Crippen LogP contribution < -0.4 is 10.6 Å². The van der Waals surface area contributed by atoms with Gasteiger partial charge in [-0.25, -0.2) is 13.2 Å². The molecular formula is C19H19F3N2O. The highest BCUT2D eigenvalue weighted by atomic mass is 19.1. The summed E-state index contributed by atoms with van der Waals surface area (Å²) in [7, 11) is 0. The van der Waals surface area contributed by atoms with Gasteiger partial charge in [0.1, 0.15) is 17.5 Å². The first kappa shape index (κ1) is 17.5. The molecule has 3 rings (SSSR count). The van der Waals surface area contributed by atoms with Crippen molar-refractivity contribution in [2.24, 2.45) is 0 Å². The van der Waals surface area contributed by atoms with Crippen LogP contribution in [0.1, 0.15) is 31.4 Å². The van der Waals surface area contributed by atoms with Gasteiger partial charge >= 0.3 is 0 Å². The van der Waals surface area contributed by atoms with E-state index < -0.39 is 17.5 Å². The number of benzene rings is 2. The van der Waals surface area contributed by atoms with Gasteiger partial charge in [-0.2, -0.15) is 0 Å². The third-order valence-corrected chi connectivity index (χ3v) is 4.44. The summed E-state index contributed by atoms with van der Waals surface area (Å²) in [4.78, 5) is 12.1. The Morgan fingerprint density at radius 2 is 1.80 bits per heavy atom. The van der Waals surface area contributed by atoms with E-state index in [4.69, 9.17) is 0 Å². The third-order valence-electron chi connectivity index (χ3n) is 4.44. The van der Waals surface area contributed by atoms with Gasteiger partial charge in [-0.05, 0) is 37.4 Å². The number of carbonyl (C=O) groups excluding carboxylic acids is 1. The Hall–Kier alpha value is -2.34. The summed E-state index contributed by atoms with van der Waals surface area (Å²) in [5.74, 6) is -2.89. The standard InChI is InChI=1S/C19H19F3N2O/c1-11(24-19(25)17-3-2-8-23-17)12-4-6-13(7-5-12)18-15(21)9-14(20)10-16(18)22/h4-7,9-11,17,23H,2-3,8H2,1H3,(H,24,25)/t11-,17-/m0/s1. The lowest BCUT2D eigenvalue weighted by molar-refractivity contribution is -0.123. The van der Waals surface area contributed by atoms with Crippen LogP contribution in [0.15, 0.2) is 36.4 Å². The lowest BCUT2D eigenvalue weighted by Gasteiger charge is -2.18. The molecule has 3 nitrogen and oxygen atoms in total. The molecule has 0 aromatic heterocycles. The predicted octanol–water partition coefficient (Wildman–Crippen LogP) is 3.70. The van der Waals surface area contributed by atoms with Crippen LogP contribution in [-0.2, 0) is 4.79 Å². The first-order chi connectivity index (χ1) is 12.0. The normalized spacial score (nSPS) is 18.2. The van der Waals surface area contributed by atoms with Gasteiger partial charge in [0.05, 0.1) is 17.6 Å². The lowest BCUT2D eigenvalue weighted by atomic mass is 10.00. The van der Waals surface area contributed by atoms with Crippen LogP contribution in [0.25, 0.3) is 11.1 Å². The van der Waals surface area contributed by atoms with Crippen molar-refractivity contribution in [1.29, 1.82) is 0 Å². The molecule has 1 aliphatic heterocycles. The summed E-state index contributed by atoms with van der Waals surface area (Å²) in [5, 5.41) is 6.06. The van der Waals surface area contributed by atoms with Crippen LogP contribution in [0.5, 0.6) is 0 Å². The molecule has 25 heavy (non-hydrogen) atoms. The molecule has 2 aromatic carbocycles. The Kier molecular flexibility index (Phi) is 5.08. The second-order valence-corrected chi connectivity index (χ2v) is 6.25. The van der Waals surface area contributed by atoms with E-state index in [1.165, 1.54) is 0 Å². The van der Waals surface area contributed by atoms with E-state index in [9.17, 15) is 18.0 Å². The summed E-state index contributed by atoms with van der Waals surface area (Å²) in [5.41, 5.74) is 0.868. The van der Waals surface area contributed by atoms with E-state index in [0.29, 0.717) is 17.7 Å². The van der Waals surface area contributed by atoms with Crippen LogP contribution in [-0.4, -0.2) is 18.5 Å². The van der Waals surface area contributed by atoms with Crippen molar-refractivity contribution in [2.75, 3.05) is 6.54 Å². The Bertz CT molecular complexity index is 748. The fourth-order valence-electron chi connectivity index (χ4n) is 3.06. The van der Waals surface area contributed by atoms with Crippen LogP contribution in [0, 0.1) is 17.5 Å². The molecule has 2 N–H and O–H groups in total. The van der Waals surface area contributed by atoms with Crippen LogP contribution in [0.2, 0.25) is 0 Å². The van der Waals surface area contributed by atoms with Crippen molar-refractivity contribution < 1.29 is 18.0 Å². The highest BCUT2D eigenvalue weighted by Gasteiger charge is 2.23. The number of carbonyl (C=O) groups is 1. The molecule has 0 spiro atoms. The molecule has 0 saturated carbocycles. The summed E-state index contributed by atoms with van der Waals surface area (Å²) in [6, 6.07) is 7.44. The molecule has 1 fully saturated rings. The third kappa shape index (κ3) is 3.85. The molecule has 0 unspecified atom stereocenters. The van der Waals surface area contributed by atoms with Gasteiger partial charge in [-0.15, -0.1) is 0 Å². The lowest BCUT2D eigenvalue weighted by Crippen LogP contribution is -2.41. The second-order valence-electron chi connectivity index (χ2n) is 6.25. The first-order valence-electron chi connectivity index (χ1n) is 8.24. The number of hydrogen-bond acceptors (Lipinski definition) is 2. The molecule has 0 aliphatic carbocycles. The SMILES string of the molecule is C[C@H](NC(=O)[C@@H]1CCCN1)c1ccc(-c2c(F)cc(F)cc2F)cc1. The van der Waals surface area contributed by atoms with Gasteiger partial charge in [-0.3, -0.25) is 4.79 Å². The van der Waals surface area contributed by atoms with Gasteiger partial charge in [-0.1, -0.05) is 24.3 Å². The summed E-state index contributed by atoms with van der Waals surface area (Å²) >= 11 is 0. The maximum Gasteiger partial charge on any atom is 0.237 e. The van der Waals surface area contributed by atoms with Gasteiger partial charge in [0.2, 0.25) is 5.91 Å². The molecule has 0 radical (unpaired) electrons. The zero-order chi connectivity index (χ0) is 18.0. The number of amides is 1. The molecule has 1 amide bonds. The maximum absolute atomic E-state index is 13.9. The van der Waals surface area contributed by atoms with Crippen LogP contribution in [0.3, 0.4) is 0 Å². The molecule has 1 aliphatic rings. The monoisotopic (exact) mass is 348 g/mol. The van der Waals surface area contributed by atoms with Crippen molar-refractivity contribution in [3.05, 3.63) is 59.4 Å². The van der Waals surface area contributed by atoms with E-state index >= 15 is 0 Å². The summed E-state index contributed by atoms with van der Waals surface area (Å²) in [6.45, 7) is 2.69. The number of hydrogen-bond donors (Lipinski definition) is 2. The minimum absolute atomic E-state index is 0.0512. The molecule has 6 heteroatoms. The Morgan fingerprint density at radius 3 is 2.36 bits per heavy atom. The van der Waals surface area contributed by atoms with E-state index in [1.54, 1.807) is 24.3 Å². The fraction of sp³-hybridized carbons (Fsp3) is 0.316. The van der Waals surface area contributed by atoms with Crippen molar-refractivity contribution >= 4 is 5.91 Å². The van der Waals surface area contributed by atoms with E-state index in [1.807, 2.05) is 6.92 Å². The van der Waals surface area contributed by atoms with Gasteiger partial charge in [0.15, 0.2) is 0 Å². The smallest absolute Gasteiger partial charge is 0.237 e. The zero-order valence-corrected chi connectivity index (χ0v) is 13.8.